The number of aryl methyl sites for hydroxylation is 2. The van der Waals surface area contributed by atoms with Gasteiger partial charge in [0.05, 0.1) is 0 Å². The summed E-state index contributed by atoms with van der Waals surface area (Å²) in [5.41, 5.74) is 9.77. The summed E-state index contributed by atoms with van der Waals surface area (Å²) in [6.07, 6.45) is 0.908. The maximum atomic E-state index is 9.22. The first-order chi connectivity index (χ1) is 7.10. The van der Waals surface area contributed by atoms with Crippen LogP contribution >= 0.6 is 0 Å². The third-order valence-electron chi connectivity index (χ3n) is 3.05. The normalized spacial score (nSPS) is 15.0. The van der Waals surface area contributed by atoms with Crippen LogP contribution in [-0.2, 0) is 0 Å². The quantitative estimate of drug-likeness (QED) is 0.796. The monoisotopic (exact) mass is 207 g/mol. The SMILES string of the molecule is CCC(CO)C(N)c1ccc(C)cc1C. The van der Waals surface area contributed by atoms with E-state index in [4.69, 9.17) is 5.73 Å². The van der Waals surface area contributed by atoms with E-state index in [0.717, 1.165) is 12.0 Å². The highest BCUT2D eigenvalue weighted by molar-refractivity contribution is 5.32. The molecule has 0 aromatic heterocycles. The molecule has 3 N–H and O–H groups in total. The molecule has 2 nitrogen and oxygen atoms in total. The van der Waals surface area contributed by atoms with E-state index in [9.17, 15) is 5.11 Å². The molecular formula is C13H21NO. The molecule has 0 radical (unpaired) electrons. The molecule has 15 heavy (non-hydrogen) atoms. The number of hydrogen-bond donors (Lipinski definition) is 2. The zero-order chi connectivity index (χ0) is 11.4. The molecule has 1 aromatic carbocycles. The van der Waals surface area contributed by atoms with E-state index >= 15 is 0 Å². The van der Waals surface area contributed by atoms with Gasteiger partial charge in [-0.25, -0.2) is 0 Å². The van der Waals surface area contributed by atoms with Crippen molar-refractivity contribution in [1.82, 2.24) is 0 Å². The largest absolute Gasteiger partial charge is 0.396 e. The first kappa shape index (κ1) is 12.2. The summed E-state index contributed by atoms with van der Waals surface area (Å²) in [6, 6.07) is 6.24. The number of hydrogen-bond acceptors (Lipinski definition) is 2. The van der Waals surface area contributed by atoms with Crippen LogP contribution in [0.4, 0.5) is 0 Å². The van der Waals surface area contributed by atoms with Crippen molar-refractivity contribution in [3.8, 4) is 0 Å². The topological polar surface area (TPSA) is 46.2 Å². The molecule has 0 saturated heterocycles. The van der Waals surface area contributed by atoms with Crippen LogP contribution < -0.4 is 5.73 Å². The van der Waals surface area contributed by atoms with E-state index in [1.807, 2.05) is 0 Å². The summed E-state index contributed by atoms with van der Waals surface area (Å²) in [4.78, 5) is 0. The summed E-state index contributed by atoms with van der Waals surface area (Å²) in [5.74, 6) is 0.159. The van der Waals surface area contributed by atoms with Gasteiger partial charge < -0.3 is 10.8 Å². The van der Waals surface area contributed by atoms with Gasteiger partial charge in [0.1, 0.15) is 0 Å². The third kappa shape index (κ3) is 2.80. The average Bonchev–Trinajstić information content (AvgIpc) is 2.19. The number of nitrogens with two attached hydrogens (primary N) is 1. The predicted molar refractivity (Wildman–Crippen MR) is 63.7 cm³/mol. The summed E-state index contributed by atoms with van der Waals surface area (Å²) in [6.45, 7) is 6.37. The summed E-state index contributed by atoms with van der Waals surface area (Å²) < 4.78 is 0. The molecule has 0 bridgehead atoms. The van der Waals surface area contributed by atoms with Crippen molar-refractivity contribution >= 4 is 0 Å². The van der Waals surface area contributed by atoms with Crippen LogP contribution in [-0.4, -0.2) is 11.7 Å². The molecule has 0 heterocycles. The van der Waals surface area contributed by atoms with Crippen LogP contribution in [0.15, 0.2) is 18.2 Å². The molecule has 0 amide bonds. The van der Waals surface area contributed by atoms with Crippen molar-refractivity contribution in [1.29, 1.82) is 0 Å². The van der Waals surface area contributed by atoms with Crippen molar-refractivity contribution in [3.63, 3.8) is 0 Å². The van der Waals surface area contributed by atoms with Crippen molar-refractivity contribution in [2.75, 3.05) is 6.61 Å². The number of aliphatic hydroxyl groups is 1. The van der Waals surface area contributed by atoms with E-state index in [2.05, 4.69) is 39.0 Å². The van der Waals surface area contributed by atoms with E-state index in [1.165, 1.54) is 11.1 Å². The van der Waals surface area contributed by atoms with Crippen LogP contribution in [0.1, 0.15) is 36.1 Å². The van der Waals surface area contributed by atoms with Gasteiger partial charge in [-0.15, -0.1) is 0 Å². The molecule has 0 spiro atoms. The molecule has 0 aliphatic rings. The number of aliphatic hydroxyl groups excluding tert-OH is 1. The van der Waals surface area contributed by atoms with Crippen molar-refractivity contribution in [2.45, 2.75) is 33.2 Å². The van der Waals surface area contributed by atoms with Crippen LogP contribution in [0.25, 0.3) is 0 Å². The smallest absolute Gasteiger partial charge is 0.0477 e. The Morgan fingerprint density at radius 1 is 1.33 bits per heavy atom. The highest BCUT2D eigenvalue weighted by Gasteiger charge is 2.18. The minimum absolute atomic E-state index is 0.0550. The fourth-order valence-electron chi connectivity index (χ4n) is 1.95. The number of benzene rings is 1. The fraction of sp³-hybridized carbons (Fsp3) is 0.538. The predicted octanol–water partition coefficient (Wildman–Crippen LogP) is 2.32. The Labute approximate surface area is 92.1 Å². The van der Waals surface area contributed by atoms with Gasteiger partial charge in [0, 0.05) is 18.6 Å². The highest BCUT2D eigenvalue weighted by atomic mass is 16.3. The second-order valence-electron chi connectivity index (χ2n) is 4.24. The Bertz CT molecular complexity index is 318. The molecule has 1 aromatic rings. The van der Waals surface area contributed by atoms with Gasteiger partial charge in [0.15, 0.2) is 0 Å². The molecule has 0 fully saturated rings. The van der Waals surface area contributed by atoms with Crippen LogP contribution in [0, 0.1) is 19.8 Å². The van der Waals surface area contributed by atoms with Gasteiger partial charge in [0.25, 0.3) is 0 Å². The molecule has 2 unspecified atom stereocenters. The lowest BCUT2D eigenvalue weighted by molar-refractivity contribution is 0.200. The zero-order valence-corrected chi connectivity index (χ0v) is 9.83. The Morgan fingerprint density at radius 2 is 2.00 bits per heavy atom. The molecule has 0 aliphatic carbocycles. The van der Waals surface area contributed by atoms with Gasteiger partial charge >= 0.3 is 0 Å². The Balaban J connectivity index is 2.94. The standard InChI is InChI=1S/C13H21NO/c1-4-11(8-15)13(14)12-6-5-9(2)7-10(12)3/h5-7,11,13,15H,4,8,14H2,1-3H3. The lowest BCUT2D eigenvalue weighted by Gasteiger charge is -2.22. The first-order valence-electron chi connectivity index (χ1n) is 5.53. The van der Waals surface area contributed by atoms with E-state index in [0.29, 0.717) is 0 Å². The minimum atomic E-state index is -0.0550. The highest BCUT2D eigenvalue weighted by Crippen LogP contribution is 2.25. The second-order valence-corrected chi connectivity index (χ2v) is 4.24. The summed E-state index contributed by atoms with van der Waals surface area (Å²) >= 11 is 0. The van der Waals surface area contributed by atoms with Gasteiger partial charge in [-0.05, 0) is 31.4 Å². The Kier molecular flexibility index (Phi) is 4.30. The van der Waals surface area contributed by atoms with Crippen molar-refractivity contribution < 1.29 is 5.11 Å². The molecular weight excluding hydrogens is 186 g/mol. The summed E-state index contributed by atoms with van der Waals surface area (Å²) in [5, 5.41) is 9.22. The van der Waals surface area contributed by atoms with Crippen molar-refractivity contribution in [2.24, 2.45) is 11.7 Å². The average molecular weight is 207 g/mol. The van der Waals surface area contributed by atoms with Crippen molar-refractivity contribution in [3.05, 3.63) is 34.9 Å². The van der Waals surface area contributed by atoms with E-state index in [1.54, 1.807) is 0 Å². The lowest BCUT2D eigenvalue weighted by Crippen LogP contribution is -2.24. The second kappa shape index (κ2) is 5.29. The molecule has 2 atom stereocenters. The molecule has 2 heteroatoms. The minimum Gasteiger partial charge on any atom is -0.396 e. The fourth-order valence-corrected chi connectivity index (χ4v) is 1.95. The number of rotatable bonds is 4. The van der Waals surface area contributed by atoms with Crippen LogP contribution in [0.2, 0.25) is 0 Å². The van der Waals surface area contributed by atoms with Gasteiger partial charge in [-0.1, -0.05) is 30.7 Å². The Hall–Kier alpha value is -0.860. The van der Waals surface area contributed by atoms with Gasteiger partial charge in [-0.3, -0.25) is 0 Å². The maximum absolute atomic E-state index is 9.22. The maximum Gasteiger partial charge on any atom is 0.0477 e. The lowest BCUT2D eigenvalue weighted by atomic mass is 9.89. The summed E-state index contributed by atoms with van der Waals surface area (Å²) in [7, 11) is 0. The van der Waals surface area contributed by atoms with Gasteiger partial charge in [0.2, 0.25) is 0 Å². The van der Waals surface area contributed by atoms with E-state index < -0.39 is 0 Å². The molecule has 1 rings (SSSR count). The first-order valence-corrected chi connectivity index (χ1v) is 5.53. The van der Waals surface area contributed by atoms with Crippen LogP contribution in [0.3, 0.4) is 0 Å². The molecule has 0 saturated carbocycles. The Morgan fingerprint density at radius 3 is 2.47 bits per heavy atom. The molecule has 0 aliphatic heterocycles. The zero-order valence-electron chi connectivity index (χ0n) is 9.83. The van der Waals surface area contributed by atoms with Gasteiger partial charge in [-0.2, -0.15) is 0 Å². The molecule has 84 valence electrons. The van der Waals surface area contributed by atoms with E-state index in [-0.39, 0.29) is 18.6 Å². The third-order valence-corrected chi connectivity index (χ3v) is 3.05. The van der Waals surface area contributed by atoms with Crippen LogP contribution in [0.5, 0.6) is 0 Å².